The molecule has 1 aliphatic rings. The number of aryl methyl sites for hydroxylation is 1. The summed E-state index contributed by atoms with van der Waals surface area (Å²) in [4.78, 5) is 0.0935. The van der Waals surface area contributed by atoms with Crippen LogP contribution in [0.2, 0.25) is 0 Å². The standard InChI is InChI=1S/C24H30NO5PS/c1-19(2)15-23(31(26)29-17-24(4,5)18-30-31)25(16-21-9-7-6-8-10-21)32(27,28)22-13-11-20(3)12-14-22/h6-14H,16-18H2,1-5H3. The Hall–Kier alpha value is -2.14. The van der Waals surface area contributed by atoms with E-state index < -0.39 is 17.6 Å². The number of allylic oxidation sites excluding steroid dienone is 1. The van der Waals surface area contributed by atoms with Gasteiger partial charge in [0.15, 0.2) is 5.44 Å². The first-order valence-corrected chi connectivity index (χ1v) is 13.4. The zero-order valence-corrected chi connectivity index (χ0v) is 20.9. The molecule has 0 radical (unpaired) electrons. The predicted molar refractivity (Wildman–Crippen MR) is 126 cm³/mol. The minimum absolute atomic E-state index is 0.0350. The first-order chi connectivity index (χ1) is 14.9. The van der Waals surface area contributed by atoms with Crippen molar-refractivity contribution in [1.29, 1.82) is 0 Å². The van der Waals surface area contributed by atoms with Crippen molar-refractivity contribution in [3.63, 3.8) is 0 Å². The Morgan fingerprint density at radius 1 is 1.03 bits per heavy atom. The summed E-state index contributed by atoms with van der Waals surface area (Å²) >= 11 is 0. The van der Waals surface area contributed by atoms with Gasteiger partial charge in [-0.25, -0.2) is 12.7 Å². The quantitative estimate of drug-likeness (QED) is 0.387. The lowest BCUT2D eigenvalue weighted by Crippen LogP contribution is -2.35. The lowest BCUT2D eigenvalue weighted by molar-refractivity contribution is 0.0427. The lowest BCUT2D eigenvalue weighted by atomic mass is 9.97. The fourth-order valence-corrected chi connectivity index (χ4v) is 7.08. The van der Waals surface area contributed by atoms with Crippen LogP contribution in [0.25, 0.3) is 0 Å². The Bertz CT molecular complexity index is 1160. The molecule has 0 spiro atoms. The van der Waals surface area contributed by atoms with Crippen LogP contribution in [-0.4, -0.2) is 25.9 Å². The van der Waals surface area contributed by atoms with Gasteiger partial charge >= 0.3 is 7.60 Å². The molecule has 2 aromatic rings. The van der Waals surface area contributed by atoms with Crippen LogP contribution in [0.5, 0.6) is 0 Å². The molecule has 1 aliphatic heterocycles. The van der Waals surface area contributed by atoms with E-state index in [0.29, 0.717) is 5.57 Å². The highest BCUT2D eigenvalue weighted by molar-refractivity contribution is 7.89. The Labute approximate surface area is 191 Å². The van der Waals surface area contributed by atoms with Gasteiger partial charge in [-0.3, -0.25) is 4.57 Å². The molecule has 1 heterocycles. The molecule has 1 saturated heterocycles. The molecule has 0 aromatic heterocycles. The molecule has 1 fully saturated rings. The molecule has 0 amide bonds. The number of sulfonamides is 1. The molecule has 0 aliphatic carbocycles. The number of rotatable bonds is 6. The van der Waals surface area contributed by atoms with Gasteiger partial charge in [0.2, 0.25) is 0 Å². The summed E-state index contributed by atoms with van der Waals surface area (Å²) in [6, 6.07) is 15.7. The summed E-state index contributed by atoms with van der Waals surface area (Å²) in [6.07, 6.45) is 0. The van der Waals surface area contributed by atoms with Crippen molar-refractivity contribution >= 4 is 17.6 Å². The van der Waals surface area contributed by atoms with Crippen molar-refractivity contribution in [2.75, 3.05) is 13.2 Å². The van der Waals surface area contributed by atoms with Crippen LogP contribution in [-0.2, 0) is 30.2 Å². The predicted octanol–water partition coefficient (Wildman–Crippen LogP) is 5.86. The first-order valence-electron chi connectivity index (χ1n) is 10.4. The minimum atomic E-state index is -4.09. The van der Waals surface area contributed by atoms with Crippen LogP contribution >= 0.6 is 7.60 Å². The maximum absolute atomic E-state index is 13.9. The molecule has 0 atom stereocenters. The van der Waals surface area contributed by atoms with Crippen molar-refractivity contribution in [3.05, 3.63) is 82.5 Å². The second-order valence-corrected chi connectivity index (χ2v) is 12.8. The Morgan fingerprint density at radius 3 is 2.12 bits per heavy atom. The van der Waals surface area contributed by atoms with Gasteiger partial charge in [0, 0.05) is 5.41 Å². The molecule has 32 heavy (non-hydrogen) atoms. The average Bonchev–Trinajstić information content (AvgIpc) is 2.74. The average molecular weight is 476 g/mol. The van der Waals surface area contributed by atoms with Gasteiger partial charge < -0.3 is 9.05 Å². The monoisotopic (exact) mass is 475 g/mol. The summed E-state index contributed by atoms with van der Waals surface area (Å²) in [5.41, 5.74) is 4.89. The molecule has 172 valence electrons. The number of benzene rings is 2. The van der Waals surface area contributed by atoms with Gasteiger partial charge in [-0.15, -0.1) is 0 Å². The Morgan fingerprint density at radius 2 is 1.59 bits per heavy atom. The van der Waals surface area contributed by atoms with E-state index >= 15 is 0 Å². The fourth-order valence-electron chi connectivity index (χ4n) is 3.07. The van der Waals surface area contributed by atoms with Crippen LogP contribution in [0.3, 0.4) is 0 Å². The Kier molecular flexibility index (Phi) is 7.18. The molecule has 8 heteroatoms. The summed E-state index contributed by atoms with van der Waals surface area (Å²) in [6.45, 7) is 9.61. The summed E-state index contributed by atoms with van der Waals surface area (Å²) in [5, 5.41) is 0. The zero-order chi connectivity index (χ0) is 23.6. The van der Waals surface area contributed by atoms with Crippen molar-refractivity contribution < 1.29 is 22.0 Å². The van der Waals surface area contributed by atoms with Gasteiger partial charge in [0.25, 0.3) is 10.0 Å². The normalized spacial score (nSPS) is 17.3. The van der Waals surface area contributed by atoms with Crippen molar-refractivity contribution in [2.24, 2.45) is 5.41 Å². The van der Waals surface area contributed by atoms with E-state index in [1.165, 1.54) is 0 Å². The van der Waals surface area contributed by atoms with E-state index in [9.17, 15) is 13.0 Å². The molecule has 0 unspecified atom stereocenters. The van der Waals surface area contributed by atoms with Crippen LogP contribution in [0.1, 0.15) is 38.8 Å². The third-order valence-corrected chi connectivity index (χ3v) is 8.59. The lowest BCUT2D eigenvalue weighted by Gasteiger charge is -2.37. The van der Waals surface area contributed by atoms with E-state index in [1.807, 2.05) is 51.1 Å². The van der Waals surface area contributed by atoms with Gasteiger partial charge in [0.05, 0.1) is 24.7 Å². The first kappa shape index (κ1) is 24.5. The highest BCUT2D eigenvalue weighted by atomic mass is 32.2. The van der Waals surface area contributed by atoms with Crippen LogP contribution in [0.15, 0.2) is 76.2 Å². The maximum Gasteiger partial charge on any atom is 0.386 e. The molecular formula is C24H30NO5PS. The van der Waals surface area contributed by atoms with Crippen molar-refractivity contribution in [3.8, 4) is 0 Å². The van der Waals surface area contributed by atoms with Crippen molar-refractivity contribution in [2.45, 2.75) is 46.1 Å². The molecule has 0 bridgehead atoms. The van der Waals surface area contributed by atoms with E-state index in [1.54, 1.807) is 38.1 Å². The zero-order valence-electron chi connectivity index (χ0n) is 19.2. The second kappa shape index (κ2) is 9.38. The summed E-state index contributed by atoms with van der Waals surface area (Å²) in [7, 11) is -8.03. The van der Waals surface area contributed by atoms with E-state index in [2.05, 4.69) is 5.73 Å². The molecule has 3 rings (SSSR count). The topological polar surface area (TPSA) is 72.9 Å². The fraction of sp³-hybridized carbons (Fsp3) is 0.375. The minimum Gasteiger partial charge on any atom is -0.303 e. The van der Waals surface area contributed by atoms with E-state index in [4.69, 9.17) is 9.05 Å². The van der Waals surface area contributed by atoms with Crippen LogP contribution in [0, 0.1) is 12.3 Å². The van der Waals surface area contributed by atoms with E-state index in [0.717, 1.165) is 15.4 Å². The highest BCUT2D eigenvalue weighted by Crippen LogP contribution is 2.61. The largest absolute Gasteiger partial charge is 0.386 e. The number of nitrogens with zero attached hydrogens (tertiary/aromatic N) is 1. The van der Waals surface area contributed by atoms with Gasteiger partial charge in [-0.2, -0.15) is 0 Å². The molecule has 2 aromatic carbocycles. The third-order valence-electron chi connectivity index (χ3n) is 4.89. The van der Waals surface area contributed by atoms with E-state index in [-0.39, 0.29) is 35.5 Å². The summed E-state index contributed by atoms with van der Waals surface area (Å²) in [5.74, 6) is 0. The summed E-state index contributed by atoms with van der Waals surface area (Å²) < 4.78 is 54.0. The molecule has 6 nitrogen and oxygen atoms in total. The Balaban J connectivity index is 2.18. The van der Waals surface area contributed by atoms with Gasteiger partial charge in [-0.1, -0.05) is 67.6 Å². The smallest absolute Gasteiger partial charge is 0.303 e. The SMILES string of the molecule is CC(C)=C=C(N(Cc1ccccc1)S(=O)(=O)c1ccc(C)cc1)P1(=O)OCC(C)(C)CO1. The molecule has 0 N–H and O–H groups in total. The van der Waals surface area contributed by atoms with Gasteiger partial charge in [-0.05, 0) is 44.0 Å². The number of hydrogen-bond donors (Lipinski definition) is 0. The molecule has 0 saturated carbocycles. The third kappa shape index (κ3) is 5.61. The van der Waals surface area contributed by atoms with Crippen LogP contribution in [0.4, 0.5) is 0 Å². The molecular weight excluding hydrogens is 445 g/mol. The highest BCUT2D eigenvalue weighted by Gasteiger charge is 2.45. The van der Waals surface area contributed by atoms with Crippen molar-refractivity contribution in [1.82, 2.24) is 4.31 Å². The second-order valence-electron chi connectivity index (χ2n) is 8.97. The van der Waals surface area contributed by atoms with Crippen LogP contribution < -0.4 is 0 Å². The van der Waals surface area contributed by atoms with Gasteiger partial charge in [0.1, 0.15) is 0 Å². The number of hydrogen-bond acceptors (Lipinski definition) is 5. The maximum atomic E-state index is 13.9.